The van der Waals surface area contributed by atoms with Gasteiger partial charge in [0, 0.05) is 30.1 Å². The molecule has 1 saturated carbocycles. The molecule has 1 aromatic carbocycles. The minimum atomic E-state index is -0.119. The fourth-order valence-corrected chi connectivity index (χ4v) is 4.63. The lowest BCUT2D eigenvalue weighted by atomic mass is 10.0. The molecular formula is C25H26N3O2P. The quantitative estimate of drug-likeness (QED) is 0.436. The minimum Gasteiger partial charge on any atom is -0.489 e. The number of pyridine rings is 2. The van der Waals surface area contributed by atoms with Crippen molar-refractivity contribution in [3.63, 3.8) is 0 Å². The average Bonchev–Trinajstić information content (AvgIpc) is 3.41. The van der Waals surface area contributed by atoms with Gasteiger partial charge in [-0.15, -0.1) is 9.24 Å². The van der Waals surface area contributed by atoms with E-state index < -0.39 is 0 Å². The molecule has 31 heavy (non-hydrogen) atoms. The second-order valence-electron chi connectivity index (χ2n) is 8.28. The van der Waals surface area contributed by atoms with Crippen LogP contribution in [-0.4, -0.2) is 14.0 Å². The van der Waals surface area contributed by atoms with E-state index in [2.05, 4.69) is 20.6 Å². The first-order valence-corrected chi connectivity index (χ1v) is 11.3. The maximum Gasteiger partial charge on any atom is 0.258 e. The number of aromatic nitrogens is 3. The first-order chi connectivity index (χ1) is 15.1. The molecule has 0 amide bonds. The largest absolute Gasteiger partial charge is 0.489 e. The van der Waals surface area contributed by atoms with Gasteiger partial charge >= 0.3 is 0 Å². The number of ether oxygens (including phenoxy) is 1. The summed E-state index contributed by atoms with van der Waals surface area (Å²) < 4.78 is 9.57. The van der Waals surface area contributed by atoms with Crippen LogP contribution >= 0.6 is 9.24 Å². The van der Waals surface area contributed by atoms with Crippen LogP contribution in [0.25, 0.3) is 11.3 Å². The number of imidazole rings is 1. The van der Waals surface area contributed by atoms with Crippen LogP contribution in [0.1, 0.15) is 48.6 Å². The lowest BCUT2D eigenvalue weighted by molar-refractivity contribution is 0.305. The van der Waals surface area contributed by atoms with Crippen molar-refractivity contribution in [1.82, 2.24) is 14.0 Å². The van der Waals surface area contributed by atoms with Crippen molar-refractivity contribution in [2.75, 3.05) is 0 Å². The van der Waals surface area contributed by atoms with Gasteiger partial charge in [0.25, 0.3) is 5.56 Å². The molecule has 5 rings (SSSR count). The molecule has 3 heterocycles. The Hall–Kier alpha value is -2.91. The molecule has 0 radical (unpaired) electrons. The normalized spacial score (nSPS) is 14.4. The van der Waals surface area contributed by atoms with Crippen molar-refractivity contribution in [1.29, 1.82) is 0 Å². The molecule has 0 saturated heterocycles. The summed E-state index contributed by atoms with van der Waals surface area (Å²) in [5.41, 5.74) is 5.08. The Morgan fingerprint density at radius 2 is 1.87 bits per heavy atom. The fourth-order valence-electron chi connectivity index (χ4n) is 4.44. The Kier molecular flexibility index (Phi) is 5.37. The monoisotopic (exact) mass is 431 g/mol. The summed E-state index contributed by atoms with van der Waals surface area (Å²) in [6.07, 6.45) is 8.79. The molecule has 0 N–H and O–H groups in total. The third-order valence-electron chi connectivity index (χ3n) is 6.17. The van der Waals surface area contributed by atoms with Crippen LogP contribution in [0.5, 0.6) is 5.75 Å². The molecule has 1 unspecified atom stereocenters. The highest BCUT2D eigenvalue weighted by Crippen LogP contribution is 2.35. The lowest BCUT2D eigenvalue weighted by Crippen LogP contribution is -2.17. The van der Waals surface area contributed by atoms with Crippen LogP contribution in [0.3, 0.4) is 0 Å². The predicted molar refractivity (Wildman–Crippen MR) is 127 cm³/mol. The molecule has 1 aliphatic rings. The third-order valence-corrected chi connectivity index (χ3v) is 6.56. The van der Waals surface area contributed by atoms with Crippen molar-refractivity contribution < 1.29 is 4.74 Å². The Bertz CT molecular complexity index is 1280. The summed E-state index contributed by atoms with van der Waals surface area (Å²) in [7, 11) is 2.67. The molecule has 3 aromatic heterocycles. The van der Waals surface area contributed by atoms with Gasteiger partial charge in [-0.2, -0.15) is 0 Å². The van der Waals surface area contributed by atoms with E-state index in [4.69, 9.17) is 9.72 Å². The van der Waals surface area contributed by atoms with Crippen LogP contribution in [0, 0.1) is 6.92 Å². The predicted octanol–water partition coefficient (Wildman–Crippen LogP) is 4.53. The highest BCUT2D eigenvalue weighted by molar-refractivity contribution is 7.27. The number of nitrogens with zero attached hydrogens (tertiary/aromatic N) is 3. The summed E-state index contributed by atoms with van der Waals surface area (Å²) in [6.45, 7) is 2.56. The van der Waals surface area contributed by atoms with E-state index in [1.165, 1.54) is 37.1 Å². The molecule has 1 aliphatic carbocycles. The van der Waals surface area contributed by atoms with Crippen molar-refractivity contribution in [2.45, 2.75) is 45.1 Å². The Labute approximate surface area is 183 Å². The van der Waals surface area contributed by atoms with Gasteiger partial charge in [-0.1, -0.05) is 37.1 Å². The molecule has 158 valence electrons. The van der Waals surface area contributed by atoms with Crippen LogP contribution in [-0.2, 0) is 6.61 Å². The zero-order valence-electron chi connectivity index (χ0n) is 17.6. The van der Waals surface area contributed by atoms with Crippen molar-refractivity contribution in [2.24, 2.45) is 0 Å². The summed E-state index contributed by atoms with van der Waals surface area (Å²) in [5.74, 6) is 1.13. The van der Waals surface area contributed by atoms with E-state index in [1.807, 2.05) is 48.7 Å². The first kappa shape index (κ1) is 20.0. The van der Waals surface area contributed by atoms with Crippen LogP contribution in [0.4, 0.5) is 0 Å². The van der Waals surface area contributed by atoms with Gasteiger partial charge < -0.3 is 9.14 Å². The molecule has 0 spiro atoms. The Morgan fingerprint density at radius 3 is 2.61 bits per heavy atom. The van der Waals surface area contributed by atoms with Gasteiger partial charge in [-0.3, -0.25) is 9.36 Å². The first-order valence-electron chi connectivity index (χ1n) is 10.8. The van der Waals surface area contributed by atoms with Gasteiger partial charge in [0.1, 0.15) is 18.0 Å². The highest BCUT2D eigenvalue weighted by Gasteiger charge is 2.22. The second-order valence-corrected chi connectivity index (χ2v) is 8.95. The molecule has 6 heteroatoms. The zero-order chi connectivity index (χ0) is 21.4. The summed E-state index contributed by atoms with van der Waals surface area (Å²) in [4.78, 5) is 17.7. The van der Waals surface area contributed by atoms with E-state index in [9.17, 15) is 4.79 Å². The van der Waals surface area contributed by atoms with Crippen LogP contribution in [0.15, 0.2) is 65.7 Å². The summed E-state index contributed by atoms with van der Waals surface area (Å²) >= 11 is 0. The van der Waals surface area contributed by atoms with Crippen LogP contribution in [0.2, 0.25) is 0 Å². The van der Waals surface area contributed by atoms with E-state index >= 15 is 0 Å². The molecule has 5 nitrogen and oxygen atoms in total. The topological polar surface area (TPSA) is 48.5 Å². The smallest absolute Gasteiger partial charge is 0.258 e. The summed E-state index contributed by atoms with van der Waals surface area (Å²) in [6, 6.07) is 15.4. The number of rotatable bonds is 5. The van der Waals surface area contributed by atoms with Crippen molar-refractivity contribution >= 4 is 20.2 Å². The van der Waals surface area contributed by atoms with E-state index in [1.54, 1.807) is 16.8 Å². The zero-order valence-corrected chi connectivity index (χ0v) is 18.8. The lowest BCUT2D eigenvalue weighted by Gasteiger charge is -2.10. The molecule has 1 atom stereocenters. The third kappa shape index (κ3) is 4.03. The van der Waals surface area contributed by atoms with E-state index in [0.717, 1.165) is 22.2 Å². The summed E-state index contributed by atoms with van der Waals surface area (Å²) in [5, 5.41) is 1.13. The number of fused-ring (bicyclic) bond motifs is 1. The van der Waals surface area contributed by atoms with E-state index in [0.29, 0.717) is 18.3 Å². The van der Waals surface area contributed by atoms with Gasteiger partial charge in [0.2, 0.25) is 0 Å². The number of benzene rings is 1. The van der Waals surface area contributed by atoms with Gasteiger partial charge in [-0.25, -0.2) is 4.98 Å². The Balaban J connectivity index is 1.39. The fraction of sp³-hybridized carbons (Fsp3) is 0.280. The van der Waals surface area contributed by atoms with E-state index in [-0.39, 0.29) is 5.56 Å². The van der Waals surface area contributed by atoms with Crippen molar-refractivity contribution in [3.8, 4) is 11.4 Å². The van der Waals surface area contributed by atoms with Gasteiger partial charge in [-0.05, 0) is 48.8 Å². The molecule has 1 fully saturated rings. The molecule has 0 aliphatic heterocycles. The number of hydrogen-bond donors (Lipinski definition) is 0. The average molecular weight is 431 g/mol. The second kappa shape index (κ2) is 8.32. The molecular weight excluding hydrogens is 405 g/mol. The number of hydrogen-bond acceptors (Lipinski definition) is 3. The molecule has 4 aromatic rings. The minimum absolute atomic E-state index is 0.119. The molecule has 0 bridgehead atoms. The van der Waals surface area contributed by atoms with Gasteiger partial charge in [0.15, 0.2) is 0 Å². The SMILES string of the molecule is Cc1c(C2CCCC2)nc2ccc(-n3ccc(OCc4ccc(P)cc4)cc3=O)cn12. The highest BCUT2D eigenvalue weighted by atomic mass is 31.0. The standard InChI is InChI=1S/C25H26N3O2P/c1-17-25(19-4-2-3-5-19)26-23-11-8-20(15-28(17)23)27-13-12-21(14-24(27)29)30-16-18-6-9-22(31)10-7-18/h6-15,19H,2-5,16,31H2,1H3. The maximum absolute atomic E-state index is 12.8. The van der Waals surface area contributed by atoms with Crippen LogP contribution < -0.4 is 15.6 Å². The number of aryl methyl sites for hydroxylation is 1. The Morgan fingerprint density at radius 1 is 1.10 bits per heavy atom. The maximum atomic E-state index is 12.8. The van der Waals surface area contributed by atoms with Gasteiger partial charge in [0.05, 0.1) is 11.4 Å². The van der Waals surface area contributed by atoms with Crippen molar-refractivity contribution in [3.05, 3.63) is 88.2 Å².